The highest BCUT2D eigenvalue weighted by molar-refractivity contribution is 14.1. The standard InChI is InChI=1S/C29H22INO3S2/c1-33-25-15-20(16-26-28(32)31(29(35)36-26)17-19-8-3-2-4-9-19)14-24(30)27(25)34-18-22-12-7-11-21-10-5-6-13-23(21)22/h2-16H,17-18H2,1H3/b26-16+. The van der Waals surface area contributed by atoms with Crippen molar-refractivity contribution in [3.63, 3.8) is 0 Å². The Bertz CT molecular complexity index is 1480. The van der Waals surface area contributed by atoms with Crippen LogP contribution in [0, 0.1) is 3.57 Å². The van der Waals surface area contributed by atoms with Crippen LogP contribution in [0.15, 0.2) is 89.8 Å². The molecule has 0 atom stereocenters. The molecule has 5 rings (SSSR count). The fourth-order valence-electron chi connectivity index (χ4n) is 4.09. The first-order valence-corrected chi connectivity index (χ1v) is 13.6. The van der Waals surface area contributed by atoms with E-state index in [0.717, 1.165) is 20.3 Å². The molecule has 1 fully saturated rings. The van der Waals surface area contributed by atoms with E-state index in [1.807, 2.05) is 66.7 Å². The number of rotatable bonds is 7. The summed E-state index contributed by atoms with van der Waals surface area (Å²) >= 11 is 9.07. The average molecular weight is 624 g/mol. The van der Waals surface area contributed by atoms with Crippen molar-refractivity contribution in [2.45, 2.75) is 13.2 Å². The van der Waals surface area contributed by atoms with Gasteiger partial charge in [-0.1, -0.05) is 96.8 Å². The van der Waals surface area contributed by atoms with Crippen LogP contribution >= 0.6 is 46.6 Å². The number of ether oxygens (including phenoxy) is 2. The number of carbonyl (C=O) groups excluding carboxylic acids is 1. The molecule has 0 unspecified atom stereocenters. The van der Waals surface area contributed by atoms with Crippen LogP contribution in [0.25, 0.3) is 16.8 Å². The van der Waals surface area contributed by atoms with Crippen LogP contribution in [0.2, 0.25) is 0 Å². The SMILES string of the molecule is COc1cc(/C=C2/SC(=S)N(Cc3ccccc3)C2=O)cc(I)c1OCc1cccc2ccccc12. The van der Waals surface area contributed by atoms with Gasteiger partial charge >= 0.3 is 0 Å². The maximum atomic E-state index is 13.1. The average Bonchev–Trinajstić information content (AvgIpc) is 3.15. The van der Waals surface area contributed by atoms with Crippen LogP contribution in [0.5, 0.6) is 11.5 Å². The summed E-state index contributed by atoms with van der Waals surface area (Å²) in [7, 11) is 1.62. The lowest BCUT2D eigenvalue weighted by molar-refractivity contribution is -0.122. The van der Waals surface area contributed by atoms with Crippen LogP contribution in [0.4, 0.5) is 0 Å². The molecule has 4 nitrogen and oxygen atoms in total. The van der Waals surface area contributed by atoms with Gasteiger partial charge in [0.1, 0.15) is 10.9 Å². The molecule has 0 bridgehead atoms. The number of methoxy groups -OCH3 is 1. The molecule has 180 valence electrons. The first-order chi connectivity index (χ1) is 17.5. The molecule has 4 aromatic rings. The number of thiocarbonyl (C=S) groups is 1. The van der Waals surface area contributed by atoms with Crippen molar-refractivity contribution in [3.8, 4) is 11.5 Å². The molecule has 1 saturated heterocycles. The second kappa shape index (κ2) is 11.0. The molecule has 0 aliphatic carbocycles. The Morgan fingerprint density at radius 3 is 2.56 bits per heavy atom. The summed E-state index contributed by atoms with van der Waals surface area (Å²) in [5.41, 5.74) is 3.00. The van der Waals surface area contributed by atoms with E-state index in [1.165, 1.54) is 22.5 Å². The Morgan fingerprint density at radius 1 is 1.00 bits per heavy atom. The van der Waals surface area contributed by atoms with Gasteiger partial charge in [0.25, 0.3) is 5.91 Å². The van der Waals surface area contributed by atoms with Crippen molar-refractivity contribution in [1.82, 2.24) is 4.90 Å². The third-order valence-corrected chi connectivity index (χ3v) is 8.04. The van der Waals surface area contributed by atoms with Gasteiger partial charge in [-0.15, -0.1) is 0 Å². The van der Waals surface area contributed by atoms with Gasteiger partial charge in [0.05, 0.1) is 22.1 Å². The fourth-order valence-corrected chi connectivity index (χ4v) is 6.12. The van der Waals surface area contributed by atoms with Gasteiger partial charge in [-0.25, -0.2) is 0 Å². The number of benzene rings is 4. The first kappa shape index (κ1) is 24.8. The number of fused-ring (bicyclic) bond motifs is 1. The fraction of sp³-hybridized carbons (Fsp3) is 0.103. The van der Waals surface area contributed by atoms with E-state index in [4.69, 9.17) is 21.7 Å². The summed E-state index contributed by atoms with van der Waals surface area (Å²) in [5.74, 6) is 1.21. The van der Waals surface area contributed by atoms with E-state index in [0.29, 0.717) is 33.9 Å². The largest absolute Gasteiger partial charge is 0.493 e. The quantitative estimate of drug-likeness (QED) is 0.122. The first-order valence-electron chi connectivity index (χ1n) is 11.3. The van der Waals surface area contributed by atoms with Crippen molar-refractivity contribution < 1.29 is 14.3 Å². The van der Waals surface area contributed by atoms with Crippen molar-refractivity contribution in [1.29, 1.82) is 0 Å². The number of amides is 1. The number of hydrogen-bond donors (Lipinski definition) is 0. The zero-order valence-electron chi connectivity index (χ0n) is 19.4. The topological polar surface area (TPSA) is 38.8 Å². The van der Waals surface area contributed by atoms with Crippen LogP contribution < -0.4 is 9.47 Å². The number of halogens is 1. The zero-order chi connectivity index (χ0) is 25.1. The highest BCUT2D eigenvalue weighted by Crippen LogP contribution is 2.38. The summed E-state index contributed by atoms with van der Waals surface area (Å²) in [4.78, 5) is 15.3. The Balaban J connectivity index is 1.37. The molecule has 1 heterocycles. The highest BCUT2D eigenvalue weighted by atomic mass is 127. The minimum atomic E-state index is -0.0842. The maximum Gasteiger partial charge on any atom is 0.266 e. The third-order valence-electron chi connectivity index (χ3n) is 5.86. The Labute approximate surface area is 233 Å². The maximum absolute atomic E-state index is 13.1. The van der Waals surface area contributed by atoms with E-state index < -0.39 is 0 Å². The van der Waals surface area contributed by atoms with E-state index in [9.17, 15) is 4.79 Å². The third kappa shape index (κ3) is 5.28. The van der Waals surface area contributed by atoms with Crippen molar-refractivity contribution in [2.75, 3.05) is 7.11 Å². The summed E-state index contributed by atoms with van der Waals surface area (Å²) in [6.07, 6.45) is 1.86. The van der Waals surface area contributed by atoms with E-state index in [2.05, 4.69) is 46.9 Å². The minimum absolute atomic E-state index is 0.0842. The van der Waals surface area contributed by atoms with Crippen LogP contribution in [0.1, 0.15) is 16.7 Å². The molecule has 0 spiro atoms. The molecule has 1 amide bonds. The predicted molar refractivity (Wildman–Crippen MR) is 159 cm³/mol. The monoisotopic (exact) mass is 623 g/mol. The molecular weight excluding hydrogens is 601 g/mol. The van der Waals surface area contributed by atoms with Gasteiger partial charge in [-0.3, -0.25) is 9.69 Å². The lowest BCUT2D eigenvalue weighted by atomic mass is 10.1. The van der Waals surface area contributed by atoms with Gasteiger partial charge in [0, 0.05) is 0 Å². The summed E-state index contributed by atoms with van der Waals surface area (Å²) in [5, 5.41) is 2.35. The summed E-state index contributed by atoms with van der Waals surface area (Å²) < 4.78 is 13.4. The second-order valence-corrected chi connectivity index (χ2v) is 11.1. The van der Waals surface area contributed by atoms with Crippen molar-refractivity contribution in [2.24, 2.45) is 0 Å². The molecular formula is C29H22INO3S2. The van der Waals surface area contributed by atoms with Crippen LogP contribution in [-0.4, -0.2) is 22.2 Å². The minimum Gasteiger partial charge on any atom is -0.493 e. The molecule has 7 heteroatoms. The Kier molecular flexibility index (Phi) is 7.59. The van der Waals surface area contributed by atoms with Gasteiger partial charge < -0.3 is 9.47 Å². The van der Waals surface area contributed by atoms with Crippen LogP contribution in [0.3, 0.4) is 0 Å². The van der Waals surface area contributed by atoms with Crippen molar-refractivity contribution >= 4 is 73.6 Å². The van der Waals surface area contributed by atoms with Gasteiger partial charge in [0.2, 0.25) is 0 Å². The molecule has 1 aliphatic heterocycles. The lowest BCUT2D eigenvalue weighted by Crippen LogP contribution is -2.27. The molecule has 36 heavy (non-hydrogen) atoms. The molecule has 0 N–H and O–H groups in total. The normalized spacial score (nSPS) is 14.6. The second-order valence-electron chi connectivity index (χ2n) is 8.21. The van der Waals surface area contributed by atoms with Crippen molar-refractivity contribution in [3.05, 3.63) is 110 Å². The molecule has 0 radical (unpaired) electrons. The van der Waals surface area contributed by atoms with Gasteiger partial charge in [0.15, 0.2) is 11.5 Å². The van der Waals surface area contributed by atoms with Gasteiger partial charge in [-0.05, 0) is 68.3 Å². The predicted octanol–water partition coefficient (Wildman–Crippen LogP) is 7.43. The highest BCUT2D eigenvalue weighted by Gasteiger charge is 2.32. The number of nitrogens with zero attached hydrogens (tertiary/aromatic N) is 1. The molecule has 4 aromatic carbocycles. The van der Waals surface area contributed by atoms with E-state index in [1.54, 1.807) is 12.0 Å². The number of hydrogen-bond acceptors (Lipinski definition) is 5. The number of thioether (sulfide) groups is 1. The Hall–Kier alpha value is -2.88. The van der Waals surface area contributed by atoms with E-state index in [-0.39, 0.29) is 5.91 Å². The number of carbonyl (C=O) groups is 1. The van der Waals surface area contributed by atoms with Gasteiger partial charge in [-0.2, -0.15) is 0 Å². The smallest absolute Gasteiger partial charge is 0.266 e. The van der Waals surface area contributed by atoms with E-state index >= 15 is 0 Å². The molecule has 1 aliphatic rings. The van der Waals surface area contributed by atoms with Crippen LogP contribution in [-0.2, 0) is 17.9 Å². The summed E-state index contributed by atoms with van der Waals surface area (Å²) in [6.45, 7) is 0.885. The summed E-state index contributed by atoms with van der Waals surface area (Å²) in [6, 6.07) is 28.2. The Morgan fingerprint density at radius 2 is 1.75 bits per heavy atom. The molecule has 0 saturated carbocycles. The zero-order valence-corrected chi connectivity index (χ0v) is 23.2. The molecule has 0 aromatic heterocycles. The lowest BCUT2D eigenvalue weighted by Gasteiger charge is -2.15.